The first-order chi connectivity index (χ1) is 36.7. The summed E-state index contributed by atoms with van der Waals surface area (Å²) in [5.74, 6) is -11.3. The third-order valence-electron chi connectivity index (χ3n) is 11.7. The first kappa shape index (κ1) is 65.9. The van der Waals surface area contributed by atoms with Crippen molar-refractivity contribution in [3.63, 3.8) is 0 Å². The number of quaternary nitrogens is 1. The number of amides is 9. The molecule has 0 heterocycles. The quantitative estimate of drug-likeness (QED) is 0.0176. The van der Waals surface area contributed by atoms with Crippen LogP contribution in [0.4, 0.5) is 0 Å². The number of hydrogen-bond acceptors (Lipinski definition) is 13. The molecule has 0 aliphatic rings. The summed E-state index contributed by atoms with van der Waals surface area (Å²) in [5, 5.41) is 60.6. The van der Waals surface area contributed by atoms with Crippen molar-refractivity contribution in [2.75, 3.05) is 19.7 Å². The Morgan fingerprint density at radius 3 is 1.56 bits per heavy atom. The third-order valence-corrected chi connectivity index (χ3v) is 11.7. The van der Waals surface area contributed by atoms with Gasteiger partial charge >= 0.3 is 17.9 Å². The van der Waals surface area contributed by atoms with Crippen molar-refractivity contribution in [2.24, 2.45) is 17.4 Å². The highest BCUT2D eigenvalue weighted by molar-refractivity contribution is 5.98. The van der Waals surface area contributed by atoms with E-state index in [4.69, 9.17) is 11.5 Å². The highest BCUT2D eigenvalue weighted by Gasteiger charge is 2.35. The Kier molecular flexibility index (Phi) is 28.5. The van der Waals surface area contributed by atoms with Crippen molar-refractivity contribution >= 4 is 71.1 Å². The van der Waals surface area contributed by atoms with Crippen LogP contribution in [-0.2, 0) is 65.6 Å². The van der Waals surface area contributed by atoms with Crippen LogP contribution in [0.1, 0.15) is 77.8 Å². The second-order valence-electron chi connectivity index (χ2n) is 19.0. The van der Waals surface area contributed by atoms with Gasteiger partial charge in [-0.2, -0.15) is 0 Å². The van der Waals surface area contributed by atoms with E-state index in [1.807, 2.05) is 18.2 Å². The molecule has 10 atom stereocenters. The average Bonchev–Trinajstić information content (AvgIpc) is 3.37. The molecular formula is C50H77N13O15+2. The van der Waals surface area contributed by atoms with Crippen molar-refractivity contribution in [3.8, 4) is 0 Å². The van der Waals surface area contributed by atoms with Crippen molar-refractivity contribution in [2.45, 2.75) is 140 Å². The molecule has 28 nitrogen and oxygen atoms in total. The zero-order chi connectivity index (χ0) is 58.6. The van der Waals surface area contributed by atoms with E-state index < -0.39 is 152 Å². The summed E-state index contributed by atoms with van der Waals surface area (Å²) in [6, 6.07) is 4.91. The molecule has 0 bridgehead atoms. The van der Waals surface area contributed by atoms with E-state index in [2.05, 4.69) is 58.6 Å². The molecule has 9 amide bonds. The second kappa shape index (κ2) is 33.7. The van der Waals surface area contributed by atoms with E-state index >= 15 is 0 Å². The Hall–Kier alpha value is -8.24. The first-order valence-corrected chi connectivity index (χ1v) is 25.2. The number of carbonyl (C=O) groups is 11. The zero-order valence-electron chi connectivity index (χ0n) is 44.3. The molecule has 0 radical (unpaired) electrons. The number of nitrogens with one attached hydrogen (secondary N) is 10. The van der Waals surface area contributed by atoms with Crippen LogP contribution in [0.2, 0.25) is 0 Å². The van der Waals surface area contributed by atoms with Crippen LogP contribution in [0.15, 0.2) is 60.7 Å². The zero-order valence-corrected chi connectivity index (χ0v) is 44.3. The predicted octanol–water partition coefficient (Wildman–Crippen LogP) is -7.38. The van der Waals surface area contributed by atoms with E-state index in [-0.39, 0.29) is 50.5 Å². The standard InChI is InChI=1S/C50H75N13O15/c1-26(2)21-35(46(74)61-36(23-31-15-10-7-11-16-31)47(75)63-40(29(5)65)49(77)78)60-45(73)34(18-19-39(67)68)58-42(70)28(4)56-38(66)24-55-41(69)27(3)57-48(76)37(25-64)62-44(72)33(17-12-20-54-50(52)53)59-43(71)32(51)22-30-13-8-6-9-14-30/h6-11,13-16,26-29,32-37,40,64-65H,12,17-25,51H2,1-5H3,(H,55,69)(H,56,66)(H,57,76)(H,58,70)(H,59,71)(H,60,73)(H,61,74)(H,62,72)(H,63,75)(H,67,68)(H,77,78)(H4,52,53,54)/p+2/t27-,28-,29+,32-,33-,34-,35-,36-,37-,40-/m0/s1. The fourth-order valence-electron chi connectivity index (χ4n) is 7.40. The van der Waals surface area contributed by atoms with Crippen LogP contribution in [0.3, 0.4) is 0 Å². The minimum absolute atomic E-state index is 0.0267. The van der Waals surface area contributed by atoms with Crippen molar-refractivity contribution in [1.82, 2.24) is 47.9 Å². The highest BCUT2D eigenvalue weighted by Crippen LogP contribution is 2.11. The lowest BCUT2D eigenvalue weighted by Crippen LogP contribution is -2.78. The SMILES string of the molecule is CC(C)C[C@H](NC(=O)[C@H](CCC(=O)O)NC(=O)[C@H](C)NC(=O)CNC(=O)[C@H](C)NC(=O)[C@H](CO)NC(=O)[C@H](CCC[NH+]=C(N)N)NC(=O)[C@@H]([NH3+])Cc1ccccc1)C(=O)N[C@@H](Cc1ccccc1)C(=O)N[C@H](C(=O)O)[C@@H](C)O. The van der Waals surface area contributed by atoms with Crippen molar-refractivity contribution in [1.29, 1.82) is 0 Å². The predicted molar refractivity (Wildman–Crippen MR) is 278 cm³/mol. The molecule has 2 aromatic rings. The topological polar surface area (TPSA) is 471 Å². The summed E-state index contributed by atoms with van der Waals surface area (Å²) in [6.45, 7) is 5.62. The van der Waals surface area contributed by atoms with Gasteiger partial charge in [-0.15, -0.1) is 0 Å². The number of rotatable bonds is 34. The molecule has 0 aliphatic heterocycles. The molecular weight excluding hydrogens is 1020 g/mol. The molecule has 430 valence electrons. The normalized spacial score (nSPS) is 14.8. The van der Waals surface area contributed by atoms with Gasteiger partial charge in [-0.1, -0.05) is 74.5 Å². The van der Waals surface area contributed by atoms with Gasteiger partial charge in [-0.3, -0.25) is 64.4 Å². The maximum atomic E-state index is 13.9. The summed E-state index contributed by atoms with van der Waals surface area (Å²) >= 11 is 0. The van der Waals surface area contributed by atoms with Gasteiger partial charge in [0.2, 0.25) is 47.3 Å². The van der Waals surface area contributed by atoms with E-state index in [1.165, 1.54) is 13.8 Å². The van der Waals surface area contributed by atoms with Crippen LogP contribution >= 0.6 is 0 Å². The number of benzene rings is 2. The molecule has 0 aromatic heterocycles. The largest absolute Gasteiger partial charge is 0.481 e. The molecule has 2 rings (SSSR count). The second-order valence-corrected chi connectivity index (χ2v) is 19.0. The van der Waals surface area contributed by atoms with E-state index in [0.29, 0.717) is 5.56 Å². The van der Waals surface area contributed by atoms with Crippen molar-refractivity contribution < 1.29 is 83.9 Å². The van der Waals surface area contributed by atoms with Gasteiger partial charge in [0.05, 0.1) is 25.8 Å². The highest BCUT2D eigenvalue weighted by atomic mass is 16.4. The maximum Gasteiger partial charge on any atom is 0.338 e. The smallest absolute Gasteiger partial charge is 0.338 e. The molecule has 0 fully saturated rings. The van der Waals surface area contributed by atoms with Crippen LogP contribution in [0.5, 0.6) is 0 Å². The van der Waals surface area contributed by atoms with E-state index in [1.54, 1.807) is 56.3 Å². The van der Waals surface area contributed by atoms with Gasteiger partial charge in [0, 0.05) is 19.3 Å². The summed E-state index contributed by atoms with van der Waals surface area (Å²) in [4.78, 5) is 146. The Bertz CT molecular complexity index is 2390. The number of guanidine groups is 1. The van der Waals surface area contributed by atoms with Gasteiger partial charge in [0.1, 0.15) is 42.3 Å². The molecule has 0 saturated carbocycles. The van der Waals surface area contributed by atoms with Gasteiger partial charge in [-0.25, -0.2) is 4.79 Å². The Labute approximate surface area is 450 Å². The fraction of sp³-hybridized carbons (Fsp3) is 0.520. The number of aliphatic hydroxyl groups excluding tert-OH is 2. The van der Waals surface area contributed by atoms with Crippen LogP contribution in [0.25, 0.3) is 0 Å². The van der Waals surface area contributed by atoms with Gasteiger partial charge in [0.15, 0.2) is 12.1 Å². The van der Waals surface area contributed by atoms with Crippen LogP contribution in [0, 0.1) is 5.92 Å². The molecule has 78 heavy (non-hydrogen) atoms. The summed E-state index contributed by atoms with van der Waals surface area (Å²) < 4.78 is 0. The molecule has 0 spiro atoms. The summed E-state index contributed by atoms with van der Waals surface area (Å²) in [7, 11) is 0. The molecule has 28 heteroatoms. The van der Waals surface area contributed by atoms with Crippen LogP contribution < -0.4 is 70.0 Å². The molecule has 0 saturated heterocycles. The lowest BCUT2D eigenvalue weighted by molar-refractivity contribution is -0.459. The summed E-state index contributed by atoms with van der Waals surface area (Å²) in [5.41, 5.74) is 16.2. The number of carboxylic acid groups (broad SMARTS) is 2. The summed E-state index contributed by atoms with van der Waals surface area (Å²) in [6.07, 6.45) is -2.20. The minimum atomic E-state index is -1.73. The van der Waals surface area contributed by atoms with Crippen LogP contribution in [-0.4, -0.2) is 172 Å². The van der Waals surface area contributed by atoms with E-state index in [9.17, 15) is 73.2 Å². The third kappa shape index (κ3) is 24.6. The van der Waals surface area contributed by atoms with Gasteiger partial charge in [-0.05, 0) is 63.5 Å². The number of hydrogen-bond donors (Lipinski definition) is 17. The molecule has 21 N–H and O–H groups in total. The van der Waals surface area contributed by atoms with Crippen molar-refractivity contribution in [3.05, 3.63) is 71.8 Å². The van der Waals surface area contributed by atoms with Gasteiger partial charge < -0.3 is 74.0 Å². The number of carbonyl (C=O) groups excluding carboxylic acids is 9. The first-order valence-electron chi connectivity index (χ1n) is 25.2. The molecule has 0 aliphatic carbocycles. The Morgan fingerprint density at radius 1 is 0.564 bits per heavy atom. The lowest BCUT2D eigenvalue weighted by Gasteiger charge is -2.27. The Morgan fingerprint density at radius 2 is 1.04 bits per heavy atom. The number of aliphatic carboxylic acids is 2. The maximum absolute atomic E-state index is 13.9. The lowest BCUT2D eigenvalue weighted by atomic mass is 10.00. The Balaban J connectivity index is 2.09. The van der Waals surface area contributed by atoms with Gasteiger partial charge in [0.25, 0.3) is 5.91 Å². The molecule has 2 aromatic carbocycles. The monoisotopic (exact) mass is 1100 g/mol. The van der Waals surface area contributed by atoms with E-state index in [0.717, 1.165) is 12.5 Å². The minimum Gasteiger partial charge on any atom is -0.481 e. The number of nitrogens with two attached hydrogens (primary N) is 2. The molecule has 0 unspecified atom stereocenters. The average molecular weight is 1100 g/mol. The fourth-order valence-corrected chi connectivity index (χ4v) is 7.40. The number of carboxylic acids is 2. The number of aliphatic hydroxyl groups is 2.